The van der Waals surface area contributed by atoms with Crippen LogP contribution in [0.1, 0.15) is 44.9 Å². The molecule has 3 fully saturated rings. The molecule has 3 aromatic rings. The van der Waals surface area contributed by atoms with Crippen molar-refractivity contribution >= 4 is 63.2 Å². The number of aliphatic carboxylic acids is 1. The highest BCUT2D eigenvalue weighted by Gasteiger charge is 2.40. The largest absolute Gasteiger partial charge is 0.505 e. The van der Waals surface area contributed by atoms with Gasteiger partial charge in [0.2, 0.25) is 0 Å². The van der Waals surface area contributed by atoms with E-state index in [0.717, 1.165) is 64.8 Å². The van der Waals surface area contributed by atoms with Crippen molar-refractivity contribution in [3.8, 4) is 16.9 Å². The lowest BCUT2D eigenvalue weighted by molar-refractivity contribution is -0.138. The fourth-order valence-corrected chi connectivity index (χ4v) is 7.35. The number of carboxylic acids is 1. The molecule has 6 rings (SSSR count). The van der Waals surface area contributed by atoms with Gasteiger partial charge in [-0.3, -0.25) is 4.98 Å². The van der Waals surface area contributed by atoms with Crippen LogP contribution >= 0.6 is 35.0 Å². The highest BCUT2D eigenvalue weighted by atomic mass is 35.5. The number of carbonyl (C=O) groups is 1. The van der Waals surface area contributed by atoms with E-state index in [-0.39, 0.29) is 27.9 Å². The molecule has 1 saturated carbocycles. The van der Waals surface area contributed by atoms with E-state index in [4.69, 9.17) is 28.2 Å². The summed E-state index contributed by atoms with van der Waals surface area (Å²) in [6.07, 6.45) is 10.8. The van der Waals surface area contributed by atoms with E-state index < -0.39 is 12.0 Å². The van der Waals surface area contributed by atoms with Crippen LogP contribution in [0.15, 0.2) is 36.5 Å². The number of aromatic hydroxyl groups is 1. The first kappa shape index (κ1) is 27.8. The second-order valence-corrected chi connectivity index (χ2v) is 13.1. The highest BCUT2D eigenvalue weighted by molar-refractivity contribution is 7.98. The highest BCUT2D eigenvalue weighted by Crippen LogP contribution is 2.44. The Bertz CT molecular complexity index is 1400. The monoisotopic (exact) mass is 600 g/mol. The van der Waals surface area contributed by atoms with Crippen molar-refractivity contribution in [2.45, 2.75) is 75.2 Å². The number of fused-ring (bicyclic) bond motifs is 3. The number of nitrogens with zero attached hydrogens (tertiary/aromatic N) is 2. The van der Waals surface area contributed by atoms with Gasteiger partial charge in [0, 0.05) is 29.6 Å². The maximum atomic E-state index is 12.6. The van der Waals surface area contributed by atoms with Crippen molar-refractivity contribution < 1.29 is 15.0 Å². The SMILES string of the molecule is CSCC[C@@H](C(=O)O)N(c1cnc2ccc(-c3cc(Cl)c(O)c(Cl)c3)cc2c1NC1C[C@H]2CC[C@@H](C1)N2)C1CC1. The van der Waals surface area contributed by atoms with Crippen molar-refractivity contribution in [1.82, 2.24) is 10.3 Å². The molecule has 7 nitrogen and oxygen atoms in total. The number of piperidine rings is 1. The van der Waals surface area contributed by atoms with Gasteiger partial charge < -0.3 is 25.7 Å². The van der Waals surface area contributed by atoms with Gasteiger partial charge in [0.1, 0.15) is 6.04 Å². The molecule has 3 aliphatic rings. The van der Waals surface area contributed by atoms with Crippen LogP contribution in [0, 0.1) is 0 Å². The summed E-state index contributed by atoms with van der Waals surface area (Å²) in [6, 6.07) is 10.3. The van der Waals surface area contributed by atoms with E-state index in [1.807, 2.05) is 24.6 Å². The summed E-state index contributed by atoms with van der Waals surface area (Å²) >= 11 is 14.2. The lowest BCUT2D eigenvalue weighted by atomic mass is 9.97. The number of pyridine rings is 1. The quantitative estimate of drug-likeness (QED) is 0.202. The molecule has 1 aliphatic carbocycles. The van der Waals surface area contributed by atoms with E-state index >= 15 is 0 Å². The van der Waals surface area contributed by atoms with Crippen LogP contribution in [0.5, 0.6) is 5.75 Å². The van der Waals surface area contributed by atoms with Gasteiger partial charge in [-0.25, -0.2) is 4.79 Å². The molecule has 2 aromatic carbocycles. The van der Waals surface area contributed by atoms with Gasteiger partial charge in [0.25, 0.3) is 0 Å². The third-order valence-corrected chi connectivity index (χ3v) is 9.67. The molecule has 0 radical (unpaired) electrons. The van der Waals surface area contributed by atoms with E-state index in [1.165, 1.54) is 12.8 Å². The molecule has 0 amide bonds. The lowest BCUT2D eigenvalue weighted by Gasteiger charge is -2.36. The normalized spacial score (nSPS) is 22.8. The van der Waals surface area contributed by atoms with Gasteiger partial charge in [-0.1, -0.05) is 29.3 Å². The van der Waals surface area contributed by atoms with Crippen LogP contribution < -0.4 is 15.5 Å². The summed E-state index contributed by atoms with van der Waals surface area (Å²) < 4.78 is 0. The molecule has 1 aromatic heterocycles. The molecule has 40 heavy (non-hydrogen) atoms. The molecule has 212 valence electrons. The minimum atomic E-state index is -0.797. The Balaban J connectivity index is 1.49. The van der Waals surface area contributed by atoms with Gasteiger partial charge in [-0.15, -0.1) is 0 Å². The molecule has 1 unspecified atom stereocenters. The first-order valence-electron chi connectivity index (χ1n) is 14.0. The Kier molecular flexibility index (Phi) is 7.96. The van der Waals surface area contributed by atoms with Gasteiger partial charge >= 0.3 is 5.97 Å². The van der Waals surface area contributed by atoms with E-state index in [0.29, 0.717) is 18.5 Å². The molecule has 2 bridgehead atoms. The lowest BCUT2D eigenvalue weighted by Crippen LogP contribution is -2.45. The predicted molar refractivity (Wildman–Crippen MR) is 165 cm³/mol. The van der Waals surface area contributed by atoms with Crippen LogP contribution in [-0.2, 0) is 4.79 Å². The zero-order chi connectivity index (χ0) is 28.0. The number of benzene rings is 2. The second-order valence-electron chi connectivity index (χ2n) is 11.3. The fourth-order valence-electron chi connectivity index (χ4n) is 6.40. The Morgan fingerprint density at radius 1 is 1.12 bits per heavy atom. The molecule has 3 heterocycles. The Hall–Kier alpha value is -2.39. The maximum absolute atomic E-state index is 12.6. The van der Waals surface area contributed by atoms with Crippen LogP contribution in [-0.4, -0.2) is 63.4 Å². The number of aromatic nitrogens is 1. The molecule has 2 saturated heterocycles. The predicted octanol–water partition coefficient (Wildman–Crippen LogP) is 6.78. The third-order valence-electron chi connectivity index (χ3n) is 8.45. The minimum absolute atomic E-state index is 0.134. The number of anilines is 2. The molecule has 10 heteroatoms. The number of carboxylic acid groups (broad SMARTS) is 1. The summed E-state index contributed by atoms with van der Waals surface area (Å²) in [5.41, 5.74) is 4.30. The summed E-state index contributed by atoms with van der Waals surface area (Å²) in [5, 5.41) is 29.4. The number of halogens is 2. The van der Waals surface area contributed by atoms with Crippen LogP contribution in [0.4, 0.5) is 11.4 Å². The average molecular weight is 602 g/mol. The number of hydrogen-bond acceptors (Lipinski definition) is 7. The van der Waals surface area contributed by atoms with Gasteiger partial charge in [0.05, 0.1) is 33.1 Å². The number of phenols is 1. The van der Waals surface area contributed by atoms with E-state index in [9.17, 15) is 15.0 Å². The number of thioether (sulfide) groups is 1. The van der Waals surface area contributed by atoms with Crippen molar-refractivity contribution in [3.05, 3.63) is 46.6 Å². The van der Waals surface area contributed by atoms with Crippen molar-refractivity contribution in [3.63, 3.8) is 0 Å². The number of hydrogen-bond donors (Lipinski definition) is 4. The zero-order valence-electron chi connectivity index (χ0n) is 22.4. The van der Waals surface area contributed by atoms with E-state index in [1.54, 1.807) is 23.9 Å². The molecule has 4 N–H and O–H groups in total. The molecular weight excluding hydrogens is 567 g/mol. The van der Waals surface area contributed by atoms with Crippen LogP contribution in [0.2, 0.25) is 10.0 Å². The Morgan fingerprint density at radius 3 is 2.45 bits per heavy atom. The average Bonchev–Trinajstić information content (AvgIpc) is 3.72. The van der Waals surface area contributed by atoms with Crippen molar-refractivity contribution in [1.29, 1.82) is 0 Å². The number of rotatable bonds is 10. The van der Waals surface area contributed by atoms with Crippen LogP contribution in [0.25, 0.3) is 22.0 Å². The maximum Gasteiger partial charge on any atom is 0.326 e. The Morgan fingerprint density at radius 2 is 1.82 bits per heavy atom. The van der Waals surface area contributed by atoms with Crippen molar-refractivity contribution in [2.24, 2.45) is 0 Å². The molecule has 0 spiro atoms. The Labute approximate surface area is 248 Å². The van der Waals surface area contributed by atoms with Gasteiger partial charge in [0.15, 0.2) is 5.75 Å². The smallest absolute Gasteiger partial charge is 0.326 e. The third kappa shape index (κ3) is 5.56. The first-order valence-corrected chi connectivity index (χ1v) is 16.1. The number of nitrogens with one attached hydrogen (secondary N) is 2. The standard InChI is InChI=1S/C30H34Cl2N4O3S/c1-40-9-8-26(30(38)39)36(21-5-6-21)27-15-33-25-7-2-16(17-11-23(31)29(37)24(32)12-17)10-22(25)28(27)35-20-13-18-3-4-19(14-20)34-18/h2,7,10-12,15,18-21,26,34,37H,3-6,8-9,13-14H2,1H3,(H,33,35)(H,38,39)/t18-,19+,20?,26-/m0/s1. The van der Waals surface area contributed by atoms with Gasteiger partial charge in [-0.2, -0.15) is 11.8 Å². The second kappa shape index (κ2) is 11.5. The fraction of sp³-hybridized carbons (Fsp3) is 0.467. The van der Waals surface area contributed by atoms with Gasteiger partial charge in [-0.05, 0) is 92.3 Å². The number of phenolic OH excluding ortho intramolecular Hbond substituents is 1. The summed E-state index contributed by atoms with van der Waals surface area (Å²) in [5.74, 6) is -0.160. The molecule has 2 aliphatic heterocycles. The van der Waals surface area contributed by atoms with Crippen LogP contribution in [0.3, 0.4) is 0 Å². The minimum Gasteiger partial charge on any atom is -0.505 e. The first-order chi connectivity index (χ1) is 19.3. The molecular formula is C30H34Cl2N4O3S. The summed E-state index contributed by atoms with van der Waals surface area (Å²) in [4.78, 5) is 19.5. The topological polar surface area (TPSA) is 97.7 Å². The van der Waals surface area contributed by atoms with E-state index in [2.05, 4.69) is 21.6 Å². The van der Waals surface area contributed by atoms with Crippen molar-refractivity contribution in [2.75, 3.05) is 22.2 Å². The zero-order valence-corrected chi connectivity index (χ0v) is 24.7. The summed E-state index contributed by atoms with van der Waals surface area (Å²) in [6.45, 7) is 0. The molecule has 4 atom stereocenters. The summed E-state index contributed by atoms with van der Waals surface area (Å²) in [7, 11) is 0.